The van der Waals surface area contributed by atoms with Gasteiger partial charge in [-0.3, -0.25) is 4.79 Å². The second-order valence-electron chi connectivity index (χ2n) is 6.74. The predicted octanol–water partition coefficient (Wildman–Crippen LogP) is 5.47. The number of thiol groups is 1. The smallest absolute Gasteiger partial charge is 0.276 e. The summed E-state index contributed by atoms with van der Waals surface area (Å²) in [4.78, 5) is 19.0. The van der Waals surface area contributed by atoms with Gasteiger partial charge in [0.05, 0.1) is 0 Å². The molecule has 0 aliphatic carbocycles. The quantitative estimate of drug-likeness (QED) is 0.445. The van der Waals surface area contributed by atoms with Crippen LogP contribution >= 0.6 is 24.8 Å². The van der Waals surface area contributed by atoms with Gasteiger partial charge in [-0.15, -0.1) is 0 Å². The fourth-order valence-corrected chi connectivity index (χ4v) is 2.32. The van der Waals surface area contributed by atoms with Crippen LogP contribution in [-0.4, -0.2) is 10.5 Å². The zero-order valence-electron chi connectivity index (χ0n) is 16.9. The van der Waals surface area contributed by atoms with Gasteiger partial charge < -0.3 is 11.1 Å². The average Bonchev–Trinajstić information content (AvgIpc) is 2.68. The van der Waals surface area contributed by atoms with Gasteiger partial charge >= 0.3 is 0 Å². The topological polar surface area (TPSA) is 72.2 Å². The van der Waals surface area contributed by atoms with Crippen molar-refractivity contribution in [3.63, 3.8) is 0 Å². The lowest BCUT2D eigenvalue weighted by Crippen LogP contribution is -2.15. The molecule has 152 valence electrons. The van der Waals surface area contributed by atoms with Gasteiger partial charge in [0.25, 0.3) is 5.24 Å². The van der Waals surface area contributed by atoms with Crippen LogP contribution in [0.2, 0.25) is 0 Å². The summed E-state index contributed by atoms with van der Waals surface area (Å²) in [5, 5.41) is 3.43. The summed E-state index contributed by atoms with van der Waals surface area (Å²) in [6.45, 7) is 9.88. The van der Waals surface area contributed by atoms with E-state index in [1.54, 1.807) is 0 Å². The third-order valence-corrected chi connectivity index (χ3v) is 4.13. The molecule has 0 aromatic heterocycles. The van der Waals surface area contributed by atoms with Crippen LogP contribution in [0.4, 0.5) is 4.79 Å². The Kier molecular flexibility index (Phi) is 13.9. The Balaban J connectivity index is 0.000000466. The first-order valence-electron chi connectivity index (χ1n) is 9.08. The largest absolute Gasteiger partial charge is 0.343 e. The summed E-state index contributed by atoms with van der Waals surface area (Å²) in [5.74, 6) is 1.16. The Morgan fingerprint density at radius 2 is 1.32 bits per heavy atom. The van der Waals surface area contributed by atoms with Crippen molar-refractivity contribution in [1.82, 2.24) is 5.32 Å². The minimum Gasteiger partial charge on any atom is -0.343 e. The molecular formula is C22H30N2O2S2. The van der Waals surface area contributed by atoms with E-state index in [0.29, 0.717) is 24.9 Å². The van der Waals surface area contributed by atoms with Gasteiger partial charge in [-0.2, -0.15) is 0 Å². The molecule has 0 saturated carbocycles. The van der Waals surface area contributed by atoms with Crippen LogP contribution in [-0.2, 0) is 17.9 Å². The molecule has 0 bridgehead atoms. The molecule has 0 spiro atoms. The Bertz CT molecular complexity index is 721. The zero-order valence-corrected chi connectivity index (χ0v) is 18.6. The Morgan fingerprint density at radius 3 is 1.61 bits per heavy atom. The van der Waals surface area contributed by atoms with Gasteiger partial charge in [0.2, 0.25) is 5.23 Å². The molecule has 0 aliphatic heterocycles. The number of thiocarbonyl (C=S) groups is 1. The second kappa shape index (κ2) is 15.0. The van der Waals surface area contributed by atoms with Gasteiger partial charge in [-0.05, 0) is 34.1 Å². The van der Waals surface area contributed by atoms with Gasteiger partial charge in [0, 0.05) is 25.3 Å². The van der Waals surface area contributed by atoms with Gasteiger partial charge in [0.15, 0.2) is 0 Å². The maximum atomic E-state index is 10.5. The van der Waals surface area contributed by atoms with Crippen LogP contribution in [0.25, 0.3) is 0 Å². The second-order valence-corrected chi connectivity index (χ2v) is 7.31. The Hall–Kier alpha value is -1.98. The third-order valence-electron chi connectivity index (χ3n) is 3.97. The van der Waals surface area contributed by atoms with Crippen molar-refractivity contribution in [3.8, 4) is 0 Å². The lowest BCUT2D eigenvalue weighted by molar-refractivity contribution is 0.260. The van der Waals surface area contributed by atoms with E-state index in [4.69, 9.17) is 10.5 Å². The van der Waals surface area contributed by atoms with Crippen LogP contribution in [0.1, 0.15) is 61.8 Å². The van der Waals surface area contributed by atoms with Crippen molar-refractivity contribution in [3.05, 3.63) is 70.8 Å². The molecule has 0 aliphatic rings. The average molecular weight is 419 g/mol. The summed E-state index contributed by atoms with van der Waals surface area (Å²) in [6.07, 6.45) is 0. The van der Waals surface area contributed by atoms with Crippen LogP contribution in [0, 0.1) is 0 Å². The number of amides is 1. The molecule has 2 rings (SSSR count). The summed E-state index contributed by atoms with van der Waals surface area (Å²) in [7, 11) is 0. The number of carbonyl (C=O) groups is 1. The summed E-state index contributed by atoms with van der Waals surface area (Å²) >= 11 is 7.22. The summed E-state index contributed by atoms with van der Waals surface area (Å²) in [5.41, 5.74) is 10.5. The molecule has 1 amide bonds. The first-order chi connectivity index (χ1) is 13.2. The van der Waals surface area contributed by atoms with E-state index in [-0.39, 0.29) is 5.24 Å². The van der Waals surface area contributed by atoms with Crippen molar-refractivity contribution < 1.29 is 9.59 Å². The molecule has 0 unspecified atom stereocenters. The van der Waals surface area contributed by atoms with E-state index >= 15 is 0 Å². The highest BCUT2D eigenvalue weighted by Gasteiger charge is 1.99. The molecule has 0 fully saturated rings. The zero-order chi connectivity index (χ0) is 21.5. The maximum Gasteiger partial charge on any atom is 0.276 e. The first-order valence-corrected chi connectivity index (χ1v) is 9.94. The van der Waals surface area contributed by atoms with Crippen molar-refractivity contribution in [2.75, 3.05) is 0 Å². The summed E-state index contributed by atoms with van der Waals surface area (Å²) < 4.78 is 0. The van der Waals surface area contributed by atoms with Crippen molar-refractivity contribution in [2.45, 2.75) is 52.6 Å². The Morgan fingerprint density at radius 1 is 0.964 bits per heavy atom. The molecule has 3 N–H and O–H groups in total. The number of hydrogen-bond donors (Lipinski definition) is 3. The molecule has 2 aromatic carbocycles. The number of carbonyl (C=O) groups excluding carboxylic acids is 2. The van der Waals surface area contributed by atoms with E-state index in [2.05, 4.69) is 94.3 Å². The molecule has 4 nitrogen and oxygen atoms in total. The van der Waals surface area contributed by atoms with E-state index < -0.39 is 0 Å². The molecule has 28 heavy (non-hydrogen) atoms. The molecule has 0 radical (unpaired) electrons. The number of hydrogen-bond acceptors (Lipinski definition) is 4. The predicted molar refractivity (Wildman–Crippen MR) is 123 cm³/mol. The highest BCUT2D eigenvalue weighted by Crippen LogP contribution is 2.15. The van der Waals surface area contributed by atoms with E-state index in [9.17, 15) is 4.79 Å². The normalized spacial score (nSPS) is 9.57. The number of nitrogens with two attached hydrogens (primary N) is 1. The first kappa shape index (κ1) is 26.0. The van der Waals surface area contributed by atoms with Gasteiger partial charge in [0.1, 0.15) is 0 Å². The highest BCUT2D eigenvalue weighted by molar-refractivity contribution is 7.96. The monoisotopic (exact) mass is 418 g/mol. The number of nitrogens with one attached hydrogen (secondary N) is 1. The van der Waals surface area contributed by atoms with E-state index in [1.165, 1.54) is 16.7 Å². The van der Waals surface area contributed by atoms with Crippen molar-refractivity contribution in [2.24, 2.45) is 5.73 Å². The highest BCUT2D eigenvalue weighted by atomic mass is 32.1. The minimum absolute atomic E-state index is 0.294. The van der Waals surface area contributed by atoms with Gasteiger partial charge in [-0.25, -0.2) is 4.79 Å². The van der Waals surface area contributed by atoms with E-state index in [1.807, 2.05) is 12.1 Å². The van der Waals surface area contributed by atoms with Crippen LogP contribution < -0.4 is 11.1 Å². The SMILES string of the molecule is CC(C)c1ccc(CN)cc1.CC(C)c1ccc(CNC(=O)S)cc1.O=C=S. The molecular weight excluding hydrogens is 388 g/mol. The standard InChI is InChI=1S/C11H15NOS.C10H15N.COS/c1-8(2)10-5-3-9(4-6-10)7-12-11(13)14;1-8(2)10-5-3-9(7-11)4-6-10;2-1-3/h3-6,8H,7H2,1-2H3,(H2,12,13,14);3-6,8H,7,11H2,1-2H3;. The fourth-order valence-electron chi connectivity index (χ4n) is 2.24. The van der Waals surface area contributed by atoms with Crippen LogP contribution in [0.3, 0.4) is 0 Å². The lowest BCUT2D eigenvalue weighted by Gasteiger charge is -2.06. The van der Waals surface area contributed by atoms with Crippen molar-refractivity contribution >= 4 is 35.3 Å². The minimum atomic E-state index is -0.294. The van der Waals surface area contributed by atoms with Gasteiger partial charge in [-0.1, -0.05) is 88.9 Å². The molecule has 0 atom stereocenters. The van der Waals surface area contributed by atoms with Crippen LogP contribution in [0.5, 0.6) is 0 Å². The lowest BCUT2D eigenvalue weighted by atomic mass is 10.0. The Labute approximate surface area is 179 Å². The number of benzene rings is 2. The maximum absolute atomic E-state index is 10.5. The molecule has 0 saturated heterocycles. The summed E-state index contributed by atoms with van der Waals surface area (Å²) in [6, 6.07) is 16.7. The number of rotatable bonds is 5. The van der Waals surface area contributed by atoms with Crippen LogP contribution in [0.15, 0.2) is 48.5 Å². The molecule has 2 aromatic rings. The van der Waals surface area contributed by atoms with E-state index in [0.717, 1.165) is 10.8 Å². The third kappa shape index (κ3) is 11.7. The molecule has 6 heteroatoms. The van der Waals surface area contributed by atoms with Crippen molar-refractivity contribution in [1.29, 1.82) is 0 Å². The fraction of sp³-hybridized carbons (Fsp3) is 0.364. The molecule has 0 heterocycles.